The lowest BCUT2D eigenvalue weighted by molar-refractivity contribution is -0.148. The molecule has 0 aliphatic rings. The highest BCUT2D eigenvalue weighted by Gasteiger charge is 2.23. The second-order valence-corrected chi connectivity index (χ2v) is 15.4. The molecule has 0 radical (unpaired) electrons. The quantitative estimate of drug-likeness (QED) is 0.0326. The van der Waals surface area contributed by atoms with E-state index in [1.54, 1.807) is 6.08 Å². The number of amides is 1. The molecule has 330 valence electrons. The average molecular weight is 806 g/mol. The van der Waals surface area contributed by atoms with Crippen molar-refractivity contribution >= 4 is 11.9 Å². The Kier molecular flexibility index (Phi) is 42.4. The topological polar surface area (TPSA) is 95.9 Å². The minimum Gasteiger partial charge on any atom is -0.458 e. The van der Waals surface area contributed by atoms with E-state index in [2.05, 4.69) is 105 Å². The Morgan fingerprint density at radius 2 is 0.966 bits per heavy atom. The van der Waals surface area contributed by atoms with Gasteiger partial charge in [-0.25, -0.2) is 0 Å². The lowest BCUT2D eigenvalue weighted by atomic mass is 10.0. The molecule has 0 aromatic rings. The van der Waals surface area contributed by atoms with Crippen molar-refractivity contribution in [2.75, 3.05) is 6.61 Å². The molecule has 3 atom stereocenters. The van der Waals surface area contributed by atoms with Crippen LogP contribution in [-0.4, -0.2) is 46.9 Å². The Labute approximate surface area is 356 Å². The normalized spacial score (nSPS) is 14.2. The number of carbonyl (C=O) groups is 2. The van der Waals surface area contributed by atoms with Crippen LogP contribution in [0.4, 0.5) is 0 Å². The van der Waals surface area contributed by atoms with Crippen molar-refractivity contribution in [1.82, 2.24) is 5.32 Å². The molecule has 0 bridgehead atoms. The number of hydrogen-bond acceptors (Lipinski definition) is 5. The molecule has 1 amide bonds. The van der Waals surface area contributed by atoms with E-state index in [0.29, 0.717) is 19.3 Å². The van der Waals surface area contributed by atoms with Crippen LogP contribution in [0.1, 0.15) is 194 Å². The number of nitrogens with one attached hydrogen (secondary N) is 1. The SMILES string of the molecule is CC/C=C\C/C=C\C/C=C\C/C=C\C/C=C\C/C=C\CCC(=O)OC(/C=C/C/C=C\CCCCCCCC)CC(=O)NC(CO)C(O)CCCCCCCCCCC. The molecule has 0 heterocycles. The lowest BCUT2D eigenvalue weighted by Crippen LogP contribution is -2.46. The molecule has 0 spiro atoms. The molecule has 0 aromatic heterocycles. The van der Waals surface area contributed by atoms with Crippen LogP contribution in [0.15, 0.2) is 97.2 Å². The zero-order chi connectivity index (χ0) is 42.4. The smallest absolute Gasteiger partial charge is 0.306 e. The van der Waals surface area contributed by atoms with E-state index in [9.17, 15) is 19.8 Å². The Morgan fingerprint density at radius 3 is 1.47 bits per heavy atom. The molecule has 3 unspecified atom stereocenters. The molecule has 6 heteroatoms. The fourth-order valence-corrected chi connectivity index (χ4v) is 6.36. The van der Waals surface area contributed by atoms with Crippen LogP contribution >= 0.6 is 0 Å². The summed E-state index contributed by atoms with van der Waals surface area (Å²) >= 11 is 0. The maximum atomic E-state index is 13.1. The second kappa shape index (κ2) is 44.9. The van der Waals surface area contributed by atoms with Crippen LogP contribution < -0.4 is 5.32 Å². The monoisotopic (exact) mass is 806 g/mol. The van der Waals surface area contributed by atoms with Gasteiger partial charge in [0, 0.05) is 6.42 Å². The van der Waals surface area contributed by atoms with E-state index >= 15 is 0 Å². The number of esters is 1. The van der Waals surface area contributed by atoms with Crippen molar-refractivity contribution in [2.45, 2.75) is 212 Å². The van der Waals surface area contributed by atoms with Crippen LogP contribution in [0.25, 0.3) is 0 Å². The zero-order valence-electron chi connectivity index (χ0n) is 37.4. The summed E-state index contributed by atoms with van der Waals surface area (Å²) in [6, 6.07) is -0.750. The van der Waals surface area contributed by atoms with Gasteiger partial charge in [-0.1, -0.05) is 202 Å². The van der Waals surface area contributed by atoms with Crippen LogP contribution in [0, 0.1) is 0 Å². The number of hydrogen-bond donors (Lipinski definition) is 3. The maximum Gasteiger partial charge on any atom is 0.306 e. The standard InChI is InChI=1S/C52H87NO5/c1-4-7-10-13-16-19-21-22-23-24-25-26-27-28-30-33-36-39-42-45-52(57)58-48(43-40-37-34-32-29-20-17-14-11-8-5-2)46-51(56)53-49(47-54)50(55)44-41-38-35-31-18-15-12-9-6-3/h7,10,16,19,22-23,25-26,28,30,32,34,36,39-40,43,48-50,54-55H,4-6,8-9,11-15,17-18,20-21,24,27,29,31,33,35,37-38,41-42,44-47H2,1-3H3,(H,53,56)/b10-7-,19-16-,23-22-,26-25-,30-28-,34-32-,39-36-,43-40+. The fraction of sp³-hybridized carbons (Fsp3) is 0.654. The van der Waals surface area contributed by atoms with Crippen LogP contribution in [-0.2, 0) is 14.3 Å². The Morgan fingerprint density at radius 1 is 0.534 bits per heavy atom. The van der Waals surface area contributed by atoms with Gasteiger partial charge < -0.3 is 20.3 Å². The van der Waals surface area contributed by atoms with Gasteiger partial charge >= 0.3 is 5.97 Å². The van der Waals surface area contributed by atoms with Crippen LogP contribution in [0.5, 0.6) is 0 Å². The summed E-state index contributed by atoms with van der Waals surface area (Å²) in [4.78, 5) is 25.9. The lowest BCUT2D eigenvalue weighted by Gasteiger charge is -2.23. The zero-order valence-corrected chi connectivity index (χ0v) is 37.4. The summed E-state index contributed by atoms with van der Waals surface area (Å²) in [5, 5.41) is 23.5. The molecule has 58 heavy (non-hydrogen) atoms. The Balaban J connectivity index is 4.78. The highest BCUT2D eigenvalue weighted by molar-refractivity contribution is 5.78. The van der Waals surface area contributed by atoms with Crippen molar-refractivity contribution in [1.29, 1.82) is 0 Å². The van der Waals surface area contributed by atoms with Gasteiger partial charge in [-0.15, -0.1) is 0 Å². The molecule has 0 aliphatic carbocycles. The minimum absolute atomic E-state index is 0.0646. The van der Waals surface area contributed by atoms with Gasteiger partial charge in [0.15, 0.2) is 0 Å². The number of aliphatic hydroxyl groups is 2. The summed E-state index contributed by atoms with van der Waals surface area (Å²) in [5.74, 6) is -0.715. The second-order valence-electron chi connectivity index (χ2n) is 15.4. The molecule has 3 N–H and O–H groups in total. The first-order valence-corrected chi connectivity index (χ1v) is 23.5. The average Bonchev–Trinajstić information content (AvgIpc) is 3.22. The predicted molar refractivity (Wildman–Crippen MR) is 250 cm³/mol. The first-order valence-electron chi connectivity index (χ1n) is 23.5. The number of unbranched alkanes of at least 4 members (excludes halogenated alkanes) is 14. The van der Waals surface area contributed by atoms with E-state index in [4.69, 9.17) is 4.74 Å². The van der Waals surface area contributed by atoms with Gasteiger partial charge in [0.2, 0.25) is 5.91 Å². The Bertz CT molecular complexity index is 1180. The van der Waals surface area contributed by atoms with Crippen molar-refractivity contribution < 1.29 is 24.5 Å². The largest absolute Gasteiger partial charge is 0.458 e. The number of rotatable bonds is 40. The summed E-state index contributed by atoms with van der Waals surface area (Å²) < 4.78 is 5.76. The molecule has 0 saturated carbocycles. The molecular weight excluding hydrogens is 719 g/mol. The van der Waals surface area contributed by atoms with Crippen molar-refractivity contribution in [3.05, 3.63) is 97.2 Å². The van der Waals surface area contributed by atoms with E-state index in [0.717, 1.165) is 64.2 Å². The van der Waals surface area contributed by atoms with E-state index in [-0.39, 0.29) is 31.3 Å². The van der Waals surface area contributed by atoms with E-state index in [1.165, 1.54) is 77.0 Å². The molecule has 0 saturated heterocycles. The first kappa shape index (κ1) is 54.8. The van der Waals surface area contributed by atoms with Gasteiger partial charge in [0.05, 0.1) is 25.2 Å². The van der Waals surface area contributed by atoms with Crippen molar-refractivity contribution in [2.24, 2.45) is 0 Å². The van der Waals surface area contributed by atoms with Crippen molar-refractivity contribution in [3.63, 3.8) is 0 Å². The fourth-order valence-electron chi connectivity index (χ4n) is 6.36. The third kappa shape index (κ3) is 39.6. The molecule has 6 nitrogen and oxygen atoms in total. The number of aliphatic hydroxyl groups excluding tert-OH is 2. The highest BCUT2D eigenvalue weighted by Crippen LogP contribution is 2.14. The molecule has 0 aromatic carbocycles. The number of allylic oxidation sites excluding steroid dienone is 15. The third-order valence-electron chi connectivity index (χ3n) is 9.91. The molecule has 0 aliphatic heterocycles. The predicted octanol–water partition coefficient (Wildman–Crippen LogP) is 13.8. The van der Waals surface area contributed by atoms with Gasteiger partial charge in [-0.05, 0) is 76.7 Å². The summed E-state index contributed by atoms with van der Waals surface area (Å²) in [6.45, 7) is 6.26. The van der Waals surface area contributed by atoms with Gasteiger partial charge in [-0.2, -0.15) is 0 Å². The Hall–Kier alpha value is -3.22. The van der Waals surface area contributed by atoms with Gasteiger partial charge in [0.25, 0.3) is 0 Å². The van der Waals surface area contributed by atoms with Crippen molar-refractivity contribution in [3.8, 4) is 0 Å². The maximum absolute atomic E-state index is 13.1. The molecular formula is C52H87NO5. The van der Waals surface area contributed by atoms with Crippen LogP contribution in [0.2, 0.25) is 0 Å². The molecule has 0 rings (SSSR count). The minimum atomic E-state index is -0.826. The van der Waals surface area contributed by atoms with Gasteiger partial charge in [-0.3, -0.25) is 9.59 Å². The summed E-state index contributed by atoms with van der Waals surface area (Å²) in [7, 11) is 0. The first-order chi connectivity index (χ1) is 28.5. The number of carbonyl (C=O) groups excluding carboxylic acids is 2. The third-order valence-corrected chi connectivity index (χ3v) is 9.91. The molecule has 0 fully saturated rings. The highest BCUT2D eigenvalue weighted by atomic mass is 16.5. The summed E-state index contributed by atoms with van der Waals surface area (Å²) in [6.07, 6.45) is 59.4. The number of ether oxygens (including phenoxy) is 1. The summed E-state index contributed by atoms with van der Waals surface area (Å²) in [5.41, 5.74) is 0. The van der Waals surface area contributed by atoms with E-state index in [1.807, 2.05) is 12.2 Å². The van der Waals surface area contributed by atoms with Gasteiger partial charge in [0.1, 0.15) is 6.10 Å². The van der Waals surface area contributed by atoms with E-state index < -0.39 is 18.2 Å². The van der Waals surface area contributed by atoms with Crippen LogP contribution in [0.3, 0.4) is 0 Å².